The highest BCUT2D eigenvalue weighted by molar-refractivity contribution is 14.0. The molecule has 1 aromatic heterocycles. The van der Waals surface area contributed by atoms with Crippen LogP contribution in [0.5, 0.6) is 0 Å². The molecule has 0 aliphatic carbocycles. The molecule has 23 heavy (non-hydrogen) atoms. The van der Waals surface area contributed by atoms with Gasteiger partial charge in [-0.15, -0.1) is 24.0 Å². The first kappa shape index (κ1) is 20.6. The summed E-state index contributed by atoms with van der Waals surface area (Å²) in [6, 6.07) is 3.91. The lowest BCUT2D eigenvalue weighted by Crippen LogP contribution is -2.41. The van der Waals surface area contributed by atoms with Gasteiger partial charge in [-0.05, 0) is 38.2 Å². The molecule has 2 N–H and O–H groups in total. The first-order valence-corrected chi connectivity index (χ1v) is 9.29. The Morgan fingerprint density at radius 2 is 2.22 bits per heavy atom. The van der Waals surface area contributed by atoms with E-state index in [1.165, 1.54) is 0 Å². The number of nitrogens with one attached hydrogen (secondary N) is 2. The van der Waals surface area contributed by atoms with Crippen LogP contribution in [0.3, 0.4) is 0 Å². The molecule has 132 valence electrons. The minimum absolute atomic E-state index is 0. The van der Waals surface area contributed by atoms with Gasteiger partial charge < -0.3 is 19.8 Å². The molecule has 1 atom stereocenters. The lowest BCUT2D eigenvalue weighted by atomic mass is 10.0. The normalized spacial score (nSPS) is 21.0. The van der Waals surface area contributed by atoms with Crippen molar-refractivity contribution in [3.63, 3.8) is 0 Å². The number of rotatable bonds is 8. The molecule has 0 saturated carbocycles. The van der Waals surface area contributed by atoms with Crippen molar-refractivity contribution in [2.75, 3.05) is 38.2 Å². The highest BCUT2D eigenvalue weighted by atomic mass is 127. The predicted molar refractivity (Wildman–Crippen MR) is 108 cm³/mol. The summed E-state index contributed by atoms with van der Waals surface area (Å²) in [5, 5.41) is 6.75. The van der Waals surface area contributed by atoms with Crippen molar-refractivity contribution in [2.45, 2.75) is 31.8 Å². The van der Waals surface area contributed by atoms with E-state index < -0.39 is 0 Å². The highest BCUT2D eigenvalue weighted by Crippen LogP contribution is 2.24. The zero-order valence-electron chi connectivity index (χ0n) is 14.0. The average molecular weight is 453 g/mol. The lowest BCUT2D eigenvalue weighted by Gasteiger charge is -2.21. The number of ether oxygens (including phenoxy) is 1. The molecule has 1 fully saturated rings. The Morgan fingerprint density at radius 3 is 2.87 bits per heavy atom. The summed E-state index contributed by atoms with van der Waals surface area (Å²) in [5.41, 5.74) is -0.102. The molecule has 1 unspecified atom stereocenters. The van der Waals surface area contributed by atoms with Gasteiger partial charge in [-0.3, -0.25) is 4.99 Å². The van der Waals surface area contributed by atoms with Gasteiger partial charge in [0, 0.05) is 31.9 Å². The van der Waals surface area contributed by atoms with Crippen LogP contribution >= 0.6 is 35.7 Å². The fourth-order valence-corrected chi connectivity index (χ4v) is 2.72. The van der Waals surface area contributed by atoms with Crippen LogP contribution in [-0.4, -0.2) is 49.8 Å². The summed E-state index contributed by atoms with van der Waals surface area (Å²) < 4.78 is 11.1. The first-order valence-electron chi connectivity index (χ1n) is 7.89. The largest absolute Gasteiger partial charge is 0.469 e. The first-order chi connectivity index (χ1) is 10.7. The number of aliphatic imine (C=N–C) groups is 1. The maximum Gasteiger partial charge on any atom is 0.191 e. The Hall–Kier alpha value is -0.410. The molecular formula is C16H28IN3O2S. The van der Waals surface area contributed by atoms with E-state index in [2.05, 4.69) is 23.8 Å². The summed E-state index contributed by atoms with van der Waals surface area (Å²) in [6.45, 7) is 5.41. The van der Waals surface area contributed by atoms with Crippen molar-refractivity contribution >= 4 is 41.7 Å². The Kier molecular flexibility index (Phi) is 10.0. The molecular weight excluding hydrogens is 425 g/mol. The molecule has 7 heteroatoms. The van der Waals surface area contributed by atoms with Crippen LogP contribution in [0.15, 0.2) is 27.8 Å². The van der Waals surface area contributed by atoms with Crippen molar-refractivity contribution in [3.05, 3.63) is 24.2 Å². The van der Waals surface area contributed by atoms with Gasteiger partial charge in [0.1, 0.15) is 5.76 Å². The number of furan rings is 1. The topological polar surface area (TPSA) is 58.8 Å². The smallest absolute Gasteiger partial charge is 0.191 e. The second-order valence-electron chi connectivity index (χ2n) is 5.74. The number of hydrogen-bond acceptors (Lipinski definition) is 4. The quantitative estimate of drug-likeness (QED) is 0.275. The van der Waals surface area contributed by atoms with Gasteiger partial charge in [0.25, 0.3) is 0 Å². The third kappa shape index (κ3) is 7.80. The molecule has 0 radical (unpaired) electrons. The molecule has 5 nitrogen and oxygen atoms in total. The van der Waals surface area contributed by atoms with Gasteiger partial charge in [0.2, 0.25) is 0 Å². The van der Waals surface area contributed by atoms with Crippen molar-refractivity contribution < 1.29 is 9.15 Å². The van der Waals surface area contributed by atoms with Crippen LogP contribution in [0.1, 0.15) is 25.5 Å². The number of guanidine groups is 1. The van der Waals surface area contributed by atoms with Gasteiger partial charge in [0.05, 0.1) is 18.4 Å². The van der Waals surface area contributed by atoms with E-state index in [9.17, 15) is 0 Å². The van der Waals surface area contributed by atoms with Crippen LogP contribution in [0.25, 0.3) is 0 Å². The molecule has 2 heterocycles. The van der Waals surface area contributed by atoms with Gasteiger partial charge >= 0.3 is 0 Å². The van der Waals surface area contributed by atoms with Crippen molar-refractivity contribution in [1.29, 1.82) is 0 Å². The maximum absolute atomic E-state index is 5.80. The van der Waals surface area contributed by atoms with Gasteiger partial charge in [-0.1, -0.05) is 0 Å². The Bertz CT molecular complexity index is 448. The average Bonchev–Trinajstić information content (AvgIpc) is 3.17. The standard InChI is InChI=1S/C16H27N3O2S.HI/c1-16(7-4-11-21-16)13-19-15(18-9-12-22-2)17-8-6-14-5-3-10-20-14;/h3,5,10H,4,6-9,11-13H2,1-2H3,(H2,17,18,19);1H. The lowest BCUT2D eigenvalue weighted by molar-refractivity contribution is 0.0283. The third-order valence-corrected chi connectivity index (χ3v) is 4.33. The molecule has 2 rings (SSSR count). The Labute approximate surface area is 160 Å². The van der Waals surface area contributed by atoms with E-state index in [0.29, 0.717) is 6.54 Å². The van der Waals surface area contributed by atoms with E-state index in [0.717, 1.165) is 56.4 Å². The van der Waals surface area contributed by atoms with Gasteiger partial charge in [0.15, 0.2) is 5.96 Å². The SMILES string of the molecule is CSCCNC(=NCC1(C)CCCO1)NCCc1ccco1.I. The molecule has 1 aliphatic rings. The van der Waals surface area contributed by atoms with E-state index in [1.54, 1.807) is 6.26 Å². The molecule has 0 amide bonds. The third-order valence-electron chi connectivity index (χ3n) is 3.71. The second kappa shape index (κ2) is 11.2. The number of nitrogens with zero attached hydrogens (tertiary/aromatic N) is 1. The number of thioether (sulfide) groups is 1. The zero-order valence-corrected chi connectivity index (χ0v) is 17.1. The predicted octanol–water partition coefficient (Wildman–Crippen LogP) is 2.91. The molecule has 1 aromatic rings. The summed E-state index contributed by atoms with van der Waals surface area (Å²) in [6.07, 6.45) is 6.88. The maximum atomic E-state index is 5.80. The fraction of sp³-hybridized carbons (Fsp3) is 0.688. The highest BCUT2D eigenvalue weighted by Gasteiger charge is 2.29. The number of halogens is 1. The Morgan fingerprint density at radius 1 is 1.39 bits per heavy atom. The van der Waals surface area contributed by atoms with Crippen molar-refractivity contribution in [2.24, 2.45) is 4.99 Å². The minimum atomic E-state index is -0.102. The summed E-state index contributed by atoms with van der Waals surface area (Å²) in [5.74, 6) is 2.91. The van der Waals surface area contributed by atoms with E-state index >= 15 is 0 Å². The van der Waals surface area contributed by atoms with Crippen LogP contribution < -0.4 is 10.6 Å². The fourth-order valence-electron chi connectivity index (χ4n) is 2.41. The van der Waals surface area contributed by atoms with Crippen LogP contribution in [-0.2, 0) is 11.2 Å². The molecule has 0 bridgehead atoms. The summed E-state index contributed by atoms with van der Waals surface area (Å²) >= 11 is 1.82. The molecule has 1 aliphatic heterocycles. The summed E-state index contributed by atoms with van der Waals surface area (Å²) in [7, 11) is 0. The van der Waals surface area contributed by atoms with Gasteiger partial charge in [-0.25, -0.2) is 0 Å². The molecule has 0 aromatic carbocycles. The summed E-state index contributed by atoms with van der Waals surface area (Å²) in [4.78, 5) is 4.70. The van der Waals surface area contributed by atoms with Crippen LogP contribution in [0, 0.1) is 0 Å². The monoisotopic (exact) mass is 453 g/mol. The van der Waals surface area contributed by atoms with Crippen molar-refractivity contribution in [3.8, 4) is 0 Å². The van der Waals surface area contributed by atoms with Crippen LogP contribution in [0.4, 0.5) is 0 Å². The molecule has 0 spiro atoms. The van der Waals surface area contributed by atoms with E-state index in [-0.39, 0.29) is 29.6 Å². The van der Waals surface area contributed by atoms with Crippen molar-refractivity contribution in [1.82, 2.24) is 10.6 Å². The minimum Gasteiger partial charge on any atom is -0.469 e. The van der Waals surface area contributed by atoms with Crippen LogP contribution in [0.2, 0.25) is 0 Å². The van der Waals surface area contributed by atoms with E-state index in [4.69, 9.17) is 14.1 Å². The number of hydrogen-bond donors (Lipinski definition) is 2. The second-order valence-corrected chi connectivity index (χ2v) is 6.73. The molecule has 1 saturated heterocycles. The Balaban J connectivity index is 0.00000264. The van der Waals surface area contributed by atoms with Gasteiger partial charge in [-0.2, -0.15) is 11.8 Å². The zero-order chi connectivity index (χ0) is 15.7. The van der Waals surface area contributed by atoms with E-state index in [1.807, 2.05) is 23.9 Å².